The summed E-state index contributed by atoms with van der Waals surface area (Å²) in [7, 11) is 0. The number of ether oxygens (including phenoxy) is 1. The number of rotatable bonds is 4. The number of nitrogens with one attached hydrogen (secondary N) is 2. The van der Waals surface area contributed by atoms with Crippen molar-refractivity contribution in [3.8, 4) is 11.4 Å². The van der Waals surface area contributed by atoms with Gasteiger partial charge in [0.25, 0.3) is 0 Å². The Balaban J connectivity index is 1.17. The Labute approximate surface area is 197 Å². The van der Waals surface area contributed by atoms with E-state index in [2.05, 4.69) is 58.1 Å². The second-order valence-corrected chi connectivity index (χ2v) is 9.82. The highest BCUT2D eigenvalue weighted by Crippen LogP contribution is 2.34. The molecule has 0 spiro atoms. The monoisotopic (exact) mass is 458 g/mol. The minimum absolute atomic E-state index is 0.434. The van der Waals surface area contributed by atoms with Gasteiger partial charge in [-0.25, -0.2) is 9.97 Å². The molecule has 9 nitrogen and oxygen atoms in total. The minimum atomic E-state index is 0.434. The molecule has 34 heavy (non-hydrogen) atoms. The number of fused-ring (bicyclic) bond motifs is 4. The van der Waals surface area contributed by atoms with E-state index in [0.717, 1.165) is 103 Å². The van der Waals surface area contributed by atoms with E-state index in [1.165, 1.54) is 12.8 Å². The van der Waals surface area contributed by atoms with Crippen molar-refractivity contribution in [3.63, 3.8) is 0 Å². The van der Waals surface area contributed by atoms with E-state index in [9.17, 15) is 0 Å². The molecule has 0 bridgehead atoms. The Morgan fingerprint density at radius 3 is 2.76 bits per heavy atom. The molecule has 3 aliphatic rings. The first-order chi connectivity index (χ1) is 16.8. The highest BCUT2D eigenvalue weighted by atomic mass is 16.5. The maximum atomic E-state index is 5.53. The Morgan fingerprint density at radius 2 is 1.88 bits per heavy atom. The van der Waals surface area contributed by atoms with Gasteiger partial charge in [0.15, 0.2) is 5.82 Å². The van der Waals surface area contributed by atoms with Crippen LogP contribution in [-0.2, 0) is 17.7 Å². The van der Waals surface area contributed by atoms with E-state index in [4.69, 9.17) is 4.74 Å². The Kier molecular flexibility index (Phi) is 4.98. The number of benzene rings is 1. The number of hydrogen-bond acceptors (Lipinski definition) is 7. The summed E-state index contributed by atoms with van der Waals surface area (Å²) >= 11 is 0. The summed E-state index contributed by atoms with van der Waals surface area (Å²) in [6.07, 6.45) is 8.58. The van der Waals surface area contributed by atoms with Crippen LogP contribution in [0.3, 0.4) is 0 Å². The van der Waals surface area contributed by atoms with Gasteiger partial charge in [-0.3, -0.25) is 4.90 Å². The topological polar surface area (TPSA) is 96.8 Å². The molecule has 7 rings (SSSR count). The van der Waals surface area contributed by atoms with Gasteiger partial charge in [-0.2, -0.15) is 0 Å². The van der Waals surface area contributed by atoms with Crippen molar-refractivity contribution in [1.29, 1.82) is 0 Å². The summed E-state index contributed by atoms with van der Waals surface area (Å²) in [5, 5.41) is 14.9. The van der Waals surface area contributed by atoms with Gasteiger partial charge in [-0.15, -0.1) is 10.2 Å². The number of H-pyrrole nitrogens is 1. The fourth-order valence-electron chi connectivity index (χ4n) is 6.06. The second kappa shape index (κ2) is 8.32. The zero-order chi connectivity index (χ0) is 22.5. The highest BCUT2D eigenvalue weighted by Gasteiger charge is 2.28. The molecule has 0 radical (unpaired) electrons. The van der Waals surface area contributed by atoms with Gasteiger partial charge < -0.3 is 19.6 Å². The van der Waals surface area contributed by atoms with Crippen LogP contribution in [0.2, 0.25) is 0 Å². The fourth-order valence-corrected chi connectivity index (χ4v) is 6.06. The van der Waals surface area contributed by atoms with Gasteiger partial charge in [-0.05, 0) is 50.3 Å². The van der Waals surface area contributed by atoms with Crippen LogP contribution < -0.4 is 5.32 Å². The summed E-state index contributed by atoms with van der Waals surface area (Å²) in [4.78, 5) is 15.3. The van der Waals surface area contributed by atoms with Crippen LogP contribution in [0.4, 0.5) is 5.82 Å². The molecular formula is C25H30N8O. The van der Waals surface area contributed by atoms with Gasteiger partial charge in [0.05, 0.1) is 18.6 Å². The largest absolute Gasteiger partial charge is 0.379 e. The Bertz CT molecular complexity index is 1330. The third-order valence-corrected chi connectivity index (χ3v) is 7.86. The molecule has 5 heterocycles. The van der Waals surface area contributed by atoms with E-state index in [0.29, 0.717) is 12.1 Å². The van der Waals surface area contributed by atoms with Crippen LogP contribution in [0, 0.1) is 0 Å². The van der Waals surface area contributed by atoms with Crippen molar-refractivity contribution >= 4 is 27.8 Å². The molecule has 0 amide bonds. The van der Waals surface area contributed by atoms with E-state index in [-0.39, 0.29) is 0 Å². The summed E-state index contributed by atoms with van der Waals surface area (Å²) in [6.45, 7) is 4.88. The van der Waals surface area contributed by atoms with Crippen molar-refractivity contribution in [2.45, 2.75) is 57.2 Å². The van der Waals surface area contributed by atoms with E-state index in [1.54, 1.807) is 6.33 Å². The summed E-state index contributed by atoms with van der Waals surface area (Å²) in [5.41, 5.74) is 3.03. The molecule has 1 saturated heterocycles. The molecule has 2 N–H and O–H groups in total. The molecule has 2 aliphatic heterocycles. The number of anilines is 1. The zero-order valence-corrected chi connectivity index (χ0v) is 19.3. The maximum Gasteiger partial charge on any atom is 0.163 e. The fraction of sp³-hybridized carbons (Fsp3) is 0.520. The van der Waals surface area contributed by atoms with Crippen LogP contribution in [0.1, 0.15) is 37.9 Å². The molecule has 176 valence electrons. The lowest BCUT2D eigenvalue weighted by Crippen LogP contribution is -2.46. The molecule has 1 aliphatic carbocycles. The van der Waals surface area contributed by atoms with Gasteiger partial charge >= 0.3 is 0 Å². The predicted molar refractivity (Wildman–Crippen MR) is 131 cm³/mol. The standard InChI is InChI=1S/C25H30N8O/c1-2-21-30-31-25(33(21)9-1)16-3-8-20-19(14-16)22-23(26-15-27-24(22)29-20)28-17-4-6-18(7-5-17)32-10-12-34-13-11-32/h3,8,14-15,17-18H,1-2,4-7,9-13H2,(H2,26,27,28,29)/t17-,18-. The van der Waals surface area contributed by atoms with Crippen LogP contribution in [0.25, 0.3) is 33.3 Å². The lowest BCUT2D eigenvalue weighted by Gasteiger charge is -2.39. The maximum absolute atomic E-state index is 5.53. The SMILES string of the molecule is c1nc(N[C@H]2CC[C@H](N3CCOCC3)CC2)c2c(n1)[nH]c1ccc(-c3nnc4n3CCC4)cc12. The average molecular weight is 459 g/mol. The second-order valence-electron chi connectivity index (χ2n) is 9.82. The summed E-state index contributed by atoms with van der Waals surface area (Å²) in [5.74, 6) is 2.97. The van der Waals surface area contributed by atoms with Gasteiger partial charge in [-0.1, -0.05) is 0 Å². The van der Waals surface area contributed by atoms with Gasteiger partial charge in [0, 0.05) is 54.6 Å². The first kappa shape index (κ1) is 20.3. The molecule has 3 aromatic heterocycles. The number of aromatic nitrogens is 6. The lowest BCUT2D eigenvalue weighted by atomic mass is 9.90. The molecule has 9 heteroatoms. The molecule has 2 fully saturated rings. The predicted octanol–water partition coefficient (Wildman–Crippen LogP) is 3.37. The molecule has 1 saturated carbocycles. The lowest BCUT2D eigenvalue weighted by molar-refractivity contribution is 0.00791. The van der Waals surface area contributed by atoms with Crippen molar-refractivity contribution in [1.82, 2.24) is 34.6 Å². The number of aromatic amines is 1. The number of hydrogen-bond donors (Lipinski definition) is 2. The zero-order valence-electron chi connectivity index (χ0n) is 19.3. The van der Waals surface area contributed by atoms with E-state index in [1.807, 2.05) is 0 Å². The van der Waals surface area contributed by atoms with Crippen molar-refractivity contribution in [3.05, 3.63) is 30.4 Å². The average Bonchev–Trinajstić information content (AvgIpc) is 3.59. The molecule has 0 atom stereocenters. The number of morpholine rings is 1. The summed E-state index contributed by atoms with van der Waals surface area (Å²) < 4.78 is 7.78. The molecule has 1 aromatic carbocycles. The van der Waals surface area contributed by atoms with E-state index >= 15 is 0 Å². The van der Waals surface area contributed by atoms with Crippen molar-refractivity contribution in [2.24, 2.45) is 0 Å². The molecule has 4 aromatic rings. The number of aryl methyl sites for hydroxylation is 1. The van der Waals surface area contributed by atoms with Crippen LogP contribution in [0.5, 0.6) is 0 Å². The molecule has 0 unspecified atom stereocenters. The smallest absolute Gasteiger partial charge is 0.163 e. The van der Waals surface area contributed by atoms with Crippen molar-refractivity contribution < 1.29 is 4.74 Å². The van der Waals surface area contributed by atoms with E-state index < -0.39 is 0 Å². The van der Waals surface area contributed by atoms with Gasteiger partial charge in [0.2, 0.25) is 0 Å². The number of nitrogens with zero attached hydrogens (tertiary/aromatic N) is 6. The summed E-state index contributed by atoms with van der Waals surface area (Å²) in [6, 6.07) is 7.59. The van der Waals surface area contributed by atoms with Crippen LogP contribution >= 0.6 is 0 Å². The third-order valence-electron chi connectivity index (χ3n) is 7.86. The van der Waals surface area contributed by atoms with Crippen LogP contribution in [-0.4, -0.2) is 73.0 Å². The molecular weight excluding hydrogens is 428 g/mol. The normalized spacial score (nSPS) is 23.5. The Morgan fingerprint density at radius 1 is 1.00 bits per heavy atom. The third kappa shape index (κ3) is 3.45. The first-order valence-electron chi connectivity index (χ1n) is 12.6. The minimum Gasteiger partial charge on any atom is -0.379 e. The quantitative estimate of drug-likeness (QED) is 0.484. The van der Waals surface area contributed by atoms with Crippen LogP contribution in [0.15, 0.2) is 24.5 Å². The first-order valence-corrected chi connectivity index (χ1v) is 12.6. The Hall–Kier alpha value is -3.04. The highest BCUT2D eigenvalue weighted by molar-refractivity contribution is 6.12. The van der Waals surface area contributed by atoms with Crippen molar-refractivity contribution in [2.75, 3.05) is 31.6 Å². The van der Waals surface area contributed by atoms with Gasteiger partial charge in [0.1, 0.15) is 23.6 Å².